The van der Waals surface area contributed by atoms with Crippen molar-refractivity contribution in [3.05, 3.63) is 205 Å². The molecule has 0 saturated carbocycles. The molecule has 0 heteroatoms. The minimum absolute atomic E-state index is 0.171. The second-order valence-electron chi connectivity index (χ2n) is 16.3. The summed E-state index contributed by atoms with van der Waals surface area (Å²) >= 11 is 0. The molecule has 11 aromatic rings. The Bertz CT molecular complexity index is 3420. The summed E-state index contributed by atoms with van der Waals surface area (Å²) in [5, 5.41) is 15.6. The maximum absolute atomic E-state index is 2.45. The Morgan fingerprint density at radius 3 is 1.35 bits per heavy atom. The van der Waals surface area contributed by atoms with Crippen LogP contribution in [0.5, 0.6) is 0 Å². The summed E-state index contributed by atoms with van der Waals surface area (Å²) in [5.74, 6) is 0. The summed E-state index contributed by atoms with van der Waals surface area (Å²) in [6.45, 7) is 4.87. The van der Waals surface area contributed by atoms with E-state index < -0.39 is 0 Å². The van der Waals surface area contributed by atoms with Crippen LogP contribution >= 0.6 is 0 Å². The Hall–Kier alpha value is -7.02. The summed E-state index contributed by atoms with van der Waals surface area (Å²) in [6.07, 6.45) is 0. The smallest absolute Gasteiger partial charge is 0.0171 e. The lowest BCUT2D eigenvalue weighted by atomic mass is 9.77. The largest absolute Gasteiger partial charge is 0.0622 e. The molecule has 0 bridgehead atoms. The van der Waals surface area contributed by atoms with Crippen molar-refractivity contribution >= 4 is 64.6 Å². The number of hydrogen-bond acceptors (Lipinski definition) is 0. The predicted octanol–water partition coefficient (Wildman–Crippen LogP) is 15.9. The molecule has 0 spiro atoms. The molecule has 1 aliphatic carbocycles. The molecule has 1 aliphatic rings. The van der Waals surface area contributed by atoms with Gasteiger partial charge in [-0.2, -0.15) is 0 Å². The summed E-state index contributed by atoms with van der Waals surface area (Å²) in [7, 11) is 0. The first-order valence-electron chi connectivity index (χ1n) is 20.1. The van der Waals surface area contributed by atoms with Gasteiger partial charge in [0.15, 0.2) is 0 Å². The van der Waals surface area contributed by atoms with Gasteiger partial charge in [0.1, 0.15) is 0 Å². The molecule has 0 unspecified atom stereocenters. The fraction of sp³-hybridized carbons (Fsp3) is 0.0526. The zero-order chi connectivity index (χ0) is 37.8. The van der Waals surface area contributed by atoms with E-state index >= 15 is 0 Å². The van der Waals surface area contributed by atoms with Crippen LogP contribution in [0, 0.1) is 0 Å². The predicted molar refractivity (Wildman–Crippen MR) is 245 cm³/mol. The first kappa shape index (κ1) is 32.2. The molecule has 0 saturated heterocycles. The molecule has 57 heavy (non-hydrogen) atoms. The van der Waals surface area contributed by atoms with Crippen LogP contribution in [0.25, 0.3) is 109 Å². The van der Waals surface area contributed by atoms with Crippen LogP contribution in [0.1, 0.15) is 25.0 Å². The third-order valence-electron chi connectivity index (χ3n) is 13.0. The fourth-order valence-electron chi connectivity index (χ4n) is 10.7. The minimum Gasteiger partial charge on any atom is -0.0622 e. The Labute approximate surface area is 332 Å². The number of benzene rings is 11. The van der Waals surface area contributed by atoms with Gasteiger partial charge in [-0.05, 0) is 126 Å². The first-order valence-corrected chi connectivity index (χ1v) is 20.1. The van der Waals surface area contributed by atoms with E-state index in [4.69, 9.17) is 0 Å². The topological polar surface area (TPSA) is 0 Å². The number of rotatable bonds is 3. The molecule has 0 atom stereocenters. The molecular formula is C57H38. The average Bonchev–Trinajstić information content (AvgIpc) is 3.52. The standard InChI is InChI=1S/C57H38/c1-57(2)55-39-30-29-37(34-36(39)28-31-51(55)54-44-22-10-8-20-42(44)43-21-9-15-27-50(43)56(54)57)52-45-23-11-13-25-47(45)53(48-26-14-12-24-46(48)52)49-33-32-38(35-16-4-3-5-17-35)40-18-6-7-19-41(40)49/h3-34H,1-2H3. The zero-order valence-electron chi connectivity index (χ0n) is 32.0. The second-order valence-corrected chi connectivity index (χ2v) is 16.3. The lowest BCUT2D eigenvalue weighted by Crippen LogP contribution is -2.16. The minimum atomic E-state index is -0.171. The van der Waals surface area contributed by atoms with Crippen LogP contribution in [-0.2, 0) is 5.41 Å². The van der Waals surface area contributed by atoms with Crippen LogP contribution < -0.4 is 0 Å². The molecule has 0 radical (unpaired) electrons. The Balaban J connectivity index is 1.09. The van der Waals surface area contributed by atoms with Crippen molar-refractivity contribution in [2.45, 2.75) is 19.3 Å². The van der Waals surface area contributed by atoms with Crippen LogP contribution in [0.15, 0.2) is 194 Å². The average molecular weight is 723 g/mol. The van der Waals surface area contributed by atoms with Gasteiger partial charge in [0, 0.05) is 5.41 Å². The monoisotopic (exact) mass is 722 g/mol. The Kier molecular flexibility index (Phi) is 6.78. The SMILES string of the molecule is CC1(C)c2c(ccc3cc(-c4c5ccccc5c(-c5ccc(-c6ccccc6)c6ccccc56)c5ccccc45)ccc23)-c2c1c1ccccc1c1ccccc21. The maximum atomic E-state index is 2.45. The normalized spacial score (nSPS) is 13.2. The van der Waals surface area contributed by atoms with Crippen LogP contribution in [-0.4, -0.2) is 0 Å². The van der Waals surface area contributed by atoms with Gasteiger partial charge in [-0.3, -0.25) is 0 Å². The molecule has 0 heterocycles. The molecule has 0 nitrogen and oxygen atoms in total. The number of hydrogen-bond donors (Lipinski definition) is 0. The highest BCUT2D eigenvalue weighted by atomic mass is 14.4. The van der Waals surface area contributed by atoms with Crippen molar-refractivity contribution in [1.29, 1.82) is 0 Å². The summed E-state index contributed by atoms with van der Waals surface area (Å²) in [4.78, 5) is 0. The van der Waals surface area contributed by atoms with Gasteiger partial charge in [0.05, 0.1) is 0 Å². The molecule has 0 amide bonds. The first-order chi connectivity index (χ1) is 28.1. The Morgan fingerprint density at radius 2 is 0.719 bits per heavy atom. The Morgan fingerprint density at radius 1 is 0.263 bits per heavy atom. The van der Waals surface area contributed by atoms with Gasteiger partial charge in [0.2, 0.25) is 0 Å². The van der Waals surface area contributed by atoms with E-state index in [1.54, 1.807) is 0 Å². The van der Waals surface area contributed by atoms with E-state index in [-0.39, 0.29) is 5.41 Å². The van der Waals surface area contributed by atoms with Gasteiger partial charge in [0.25, 0.3) is 0 Å². The molecule has 0 aromatic heterocycles. The van der Waals surface area contributed by atoms with E-state index in [2.05, 4.69) is 208 Å². The highest BCUT2D eigenvalue weighted by Crippen LogP contribution is 2.57. The van der Waals surface area contributed by atoms with Gasteiger partial charge >= 0.3 is 0 Å². The second kappa shape index (κ2) is 12.0. The van der Waals surface area contributed by atoms with Gasteiger partial charge in [-0.25, -0.2) is 0 Å². The quantitative estimate of drug-likeness (QED) is 0.126. The van der Waals surface area contributed by atoms with E-state index in [0.29, 0.717) is 0 Å². The number of fused-ring (bicyclic) bond motifs is 13. The summed E-state index contributed by atoms with van der Waals surface area (Å²) in [6, 6.07) is 72.4. The van der Waals surface area contributed by atoms with Crippen molar-refractivity contribution in [3.8, 4) is 44.5 Å². The highest BCUT2D eigenvalue weighted by molar-refractivity contribution is 6.25. The van der Waals surface area contributed by atoms with E-state index in [1.165, 1.54) is 120 Å². The summed E-state index contributed by atoms with van der Waals surface area (Å²) < 4.78 is 0. The van der Waals surface area contributed by atoms with Crippen molar-refractivity contribution in [2.24, 2.45) is 0 Å². The van der Waals surface area contributed by atoms with Crippen LogP contribution in [0.4, 0.5) is 0 Å². The zero-order valence-corrected chi connectivity index (χ0v) is 32.0. The van der Waals surface area contributed by atoms with E-state index in [9.17, 15) is 0 Å². The van der Waals surface area contributed by atoms with Crippen molar-refractivity contribution in [2.75, 3.05) is 0 Å². The van der Waals surface area contributed by atoms with Gasteiger partial charge < -0.3 is 0 Å². The molecule has 0 fully saturated rings. The molecule has 0 N–H and O–H groups in total. The third kappa shape index (κ3) is 4.50. The molecule has 0 aliphatic heterocycles. The lowest BCUT2D eigenvalue weighted by molar-refractivity contribution is 0.672. The molecule has 11 aromatic carbocycles. The summed E-state index contributed by atoms with van der Waals surface area (Å²) in [5.41, 5.74) is 13.0. The molecule has 266 valence electrons. The molecule has 12 rings (SSSR count). The van der Waals surface area contributed by atoms with Gasteiger partial charge in [-0.1, -0.05) is 202 Å². The van der Waals surface area contributed by atoms with Crippen molar-refractivity contribution < 1.29 is 0 Å². The highest BCUT2D eigenvalue weighted by Gasteiger charge is 2.39. The van der Waals surface area contributed by atoms with Crippen LogP contribution in [0.3, 0.4) is 0 Å². The maximum Gasteiger partial charge on any atom is 0.0171 e. The van der Waals surface area contributed by atoms with Crippen molar-refractivity contribution in [1.82, 2.24) is 0 Å². The van der Waals surface area contributed by atoms with Gasteiger partial charge in [-0.15, -0.1) is 0 Å². The van der Waals surface area contributed by atoms with E-state index in [0.717, 1.165) is 0 Å². The van der Waals surface area contributed by atoms with E-state index in [1.807, 2.05) is 0 Å². The molecular weight excluding hydrogens is 685 g/mol. The lowest BCUT2D eigenvalue weighted by Gasteiger charge is -2.25. The van der Waals surface area contributed by atoms with Crippen LogP contribution in [0.2, 0.25) is 0 Å². The fourth-order valence-corrected chi connectivity index (χ4v) is 10.7. The third-order valence-corrected chi connectivity index (χ3v) is 13.0. The van der Waals surface area contributed by atoms with Crippen molar-refractivity contribution in [3.63, 3.8) is 0 Å².